The number of ether oxygens (including phenoxy) is 2. The predicted molar refractivity (Wildman–Crippen MR) is 74.3 cm³/mol. The number of benzene rings is 2. The van der Waals surface area contributed by atoms with Gasteiger partial charge in [0.05, 0.1) is 19.6 Å². The van der Waals surface area contributed by atoms with Crippen molar-refractivity contribution in [2.75, 3.05) is 13.7 Å². The summed E-state index contributed by atoms with van der Waals surface area (Å²) in [4.78, 5) is 0. The highest BCUT2D eigenvalue weighted by atomic mass is 16.5. The smallest absolute Gasteiger partial charge is 0.133 e. The van der Waals surface area contributed by atoms with Crippen molar-refractivity contribution in [3.05, 3.63) is 53.6 Å². The molecule has 0 unspecified atom stereocenters. The maximum absolute atomic E-state index is 9.65. The topological polar surface area (TPSA) is 58.9 Å². The number of aliphatic hydroxyl groups excluding tert-OH is 1. The second kappa shape index (κ2) is 5.06. The van der Waals surface area contributed by atoms with Gasteiger partial charge in [-0.2, -0.15) is 0 Å². The van der Waals surface area contributed by atoms with Crippen molar-refractivity contribution in [1.29, 1.82) is 0 Å². The summed E-state index contributed by atoms with van der Waals surface area (Å²) in [7, 11) is 1.62. The van der Waals surface area contributed by atoms with Crippen LogP contribution in [0.3, 0.4) is 0 Å². The summed E-state index contributed by atoms with van der Waals surface area (Å²) < 4.78 is 11.1. The van der Waals surface area contributed by atoms with Crippen LogP contribution in [-0.2, 0) is 0 Å². The Morgan fingerprint density at radius 3 is 2.55 bits per heavy atom. The van der Waals surface area contributed by atoms with E-state index in [1.807, 2.05) is 24.3 Å². The molecular formula is C16H16O4. The molecule has 2 aromatic rings. The van der Waals surface area contributed by atoms with E-state index < -0.39 is 0 Å². The molecule has 2 atom stereocenters. The zero-order valence-electron chi connectivity index (χ0n) is 11.1. The summed E-state index contributed by atoms with van der Waals surface area (Å²) in [6.45, 7) is -0.0346. The van der Waals surface area contributed by atoms with E-state index in [1.54, 1.807) is 25.3 Å². The minimum absolute atomic E-state index is 0.0346. The van der Waals surface area contributed by atoms with Crippen LogP contribution in [0.2, 0.25) is 0 Å². The molecule has 0 spiro atoms. The van der Waals surface area contributed by atoms with Crippen molar-refractivity contribution < 1.29 is 19.7 Å². The van der Waals surface area contributed by atoms with Crippen molar-refractivity contribution >= 4 is 0 Å². The maximum Gasteiger partial charge on any atom is 0.133 e. The molecule has 0 saturated heterocycles. The van der Waals surface area contributed by atoms with Crippen LogP contribution in [0.25, 0.3) is 0 Å². The largest absolute Gasteiger partial charge is 0.508 e. The summed E-state index contributed by atoms with van der Waals surface area (Å²) in [6, 6.07) is 12.6. The number of aliphatic hydroxyl groups is 1. The van der Waals surface area contributed by atoms with Gasteiger partial charge < -0.3 is 19.7 Å². The summed E-state index contributed by atoms with van der Waals surface area (Å²) >= 11 is 0. The number of fused-ring (bicyclic) bond motifs is 1. The van der Waals surface area contributed by atoms with Crippen LogP contribution in [0.4, 0.5) is 0 Å². The van der Waals surface area contributed by atoms with Gasteiger partial charge >= 0.3 is 0 Å². The lowest BCUT2D eigenvalue weighted by Crippen LogP contribution is -2.13. The maximum atomic E-state index is 9.65. The molecule has 0 fully saturated rings. The molecule has 4 nitrogen and oxygen atoms in total. The van der Waals surface area contributed by atoms with Gasteiger partial charge in [-0.25, -0.2) is 0 Å². The van der Waals surface area contributed by atoms with E-state index in [2.05, 4.69) is 0 Å². The quantitative estimate of drug-likeness (QED) is 0.901. The van der Waals surface area contributed by atoms with Gasteiger partial charge in [-0.05, 0) is 35.9 Å². The Morgan fingerprint density at radius 2 is 1.90 bits per heavy atom. The van der Waals surface area contributed by atoms with Crippen molar-refractivity contribution in [1.82, 2.24) is 0 Å². The third kappa shape index (κ3) is 2.08. The Labute approximate surface area is 117 Å². The first-order chi connectivity index (χ1) is 9.72. The Morgan fingerprint density at radius 1 is 1.15 bits per heavy atom. The Hall–Kier alpha value is -2.20. The first-order valence-electron chi connectivity index (χ1n) is 6.47. The molecule has 0 aliphatic carbocycles. The van der Waals surface area contributed by atoms with Gasteiger partial charge in [0.1, 0.15) is 23.4 Å². The minimum atomic E-state index is -0.247. The molecule has 20 heavy (non-hydrogen) atoms. The highest BCUT2D eigenvalue weighted by Crippen LogP contribution is 2.46. The zero-order chi connectivity index (χ0) is 14.1. The van der Waals surface area contributed by atoms with Crippen LogP contribution in [0, 0.1) is 0 Å². The molecule has 0 aromatic heterocycles. The second-order valence-corrected chi connectivity index (χ2v) is 4.82. The van der Waals surface area contributed by atoms with Gasteiger partial charge in [0.15, 0.2) is 0 Å². The zero-order valence-corrected chi connectivity index (χ0v) is 11.1. The van der Waals surface area contributed by atoms with Gasteiger partial charge in [-0.15, -0.1) is 0 Å². The third-order valence-corrected chi connectivity index (χ3v) is 3.65. The van der Waals surface area contributed by atoms with Crippen LogP contribution in [0.1, 0.15) is 23.1 Å². The van der Waals surface area contributed by atoms with Crippen molar-refractivity contribution in [3.8, 4) is 17.2 Å². The van der Waals surface area contributed by atoms with Crippen LogP contribution in [0.5, 0.6) is 17.2 Å². The van der Waals surface area contributed by atoms with Gasteiger partial charge in [0, 0.05) is 5.56 Å². The van der Waals surface area contributed by atoms with Gasteiger partial charge in [-0.1, -0.05) is 12.1 Å². The molecule has 2 N–H and O–H groups in total. The lowest BCUT2D eigenvalue weighted by Gasteiger charge is -2.17. The van der Waals surface area contributed by atoms with E-state index in [1.165, 1.54) is 0 Å². The SMILES string of the molecule is COc1ccc([C@H]2Oc3ccc(O)cc3[C@@H]2CO)cc1. The number of phenols is 1. The molecular weight excluding hydrogens is 256 g/mol. The average Bonchev–Trinajstić information content (AvgIpc) is 2.85. The molecule has 0 radical (unpaired) electrons. The Balaban J connectivity index is 1.95. The van der Waals surface area contributed by atoms with E-state index >= 15 is 0 Å². The molecule has 104 valence electrons. The molecule has 3 rings (SSSR count). The highest BCUT2D eigenvalue weighted by Gasteiger charge is 2.35. The second-order valence-electron chi connectivity index (χ2n) is 4.82. The van der Waals surface area contributed by atoms with Crippen molar-refractivity contribution in [3.63, 3.8) is 0 Å². The molecule has 0 bridgehead atoms. The summed E-state index contributed by atoms with van der Waals surface area (Å²) in [6.07, 6.45) is -0.247. The molecule has 0 amide bonds. The normalized spacial score (nSPS) is 20.3. The summed E-state index contributed by atoms with van der Waals surface area (Å²) in [5.41, 5.74) is 1.81. The van der Waals surface area contributed by atoms with Crippen LogP contribution < -0.4 is 9.47 Å². The van der Waals surface area contributed by atoms with Crippen molar-refractivity contribution in [2.45, 2.75) is 12.0 Å². The van der Waals surface area contributed by atoms with Crippen LogP contribution in [0.15, 0.2) is 42.5 Å². The van der Waals surface area contributed by atoms with E-state index in [4.69, 9.17) is 9.47 Å². The first-order valence-corrected chi connectivity index (χ1v) is 6.47. The first kappa shape index (κ1) is 12.8. The van der Waals surface area contributed by atoms with E-state index in [-0.39, 0.29) is 24.4 Å². The summed E-state index contributed by atoms with van der Waals surface area (Å²) in [5.74, 6) is 1.50. The van der Waals surface area contributed by atoms with E-state index in [9.17, 15) is 10.2 Å². The molecule has 1 aliphatic heterocycles. The fraction of sp³-hybridized carbons (Fsp3) is 0.250. The molecule has 0 saturated carbocycles. The number of phenolic OH excluding ortho intramolecular Hbond substituents is 1. The number of hydrogen-bond acceptors (Lipinski definition) is 4. The van der Waals surface area contributed by atoms with Gasteiger partial charge in [-0.3, -0.25) is 0 Å². The molecule has 2 aromatic carbocycles. The number of rotatable bonds is 3. The van der Waals surface area contributed by atoms with Crippen molar-refractivity contribution in [2.24, 2.45) is 0 Å². The highest BCUT2D eigenvalue weighted by molar-refractivity contribution is 5.47. The fourth-order valence-electron chi connectivity index (χ4n) is 2.60. The van der Waals surface area contributed by atoms with Crippen LogP contribution in [-0.4, -0.2) is 23.9 Å². The molecule has 1 heterocycles. The van der Waals surface area contributed by atoms with Crippen LogP contribution >= 0.6 is 0 Å². The third-order valence-electron chi connectivity index (χ3n) is 3.65. The standard InChI is InChI=1S/C16H16O4/c1-19-12-5-2-10(3-6-12)16-14(9-17)13-8-11(18)4-7-15(13)20-16/h2-8,14,16-18H,9H2,1H3/t14-,16+/m0/s1. The minimum Gasteiger partial charge on any atom is -0.508 e. The molecule has 4 heteroatoms. The van der Waals surface area contributed by atoms with E-state index in [0.717, 1.165) is 16.9 Å². The summed E-state index contributed by atoms with van der Waals surface area (Å²) in [5, 5.41) is 19.2. The average molecular weight is 272 g/mol. The number of methoxy groups -OCH3 is 1. The monoisotopic (exact) mass is 272 g/mol. The lowest BCUT2D eigenvalue weighted by atomic mass is 9.92. The lowest BCUT2D eigenvalue weighted by molar-refractivity contribution is 0.160. The van der Waals surface area contributed by atoms with E-state index in [0.29, 0.717) is 5.75 Å². The fourth-order valence-corrected chi connectivity index (χ4v) is 2.60. The van der Waals surface area contributed by atoms with Gasteiger partial charge in [0.2, 0.25) is 0 Å². The predicted octanol–water partition coefficient (Wildman–Crippen LogP) is 2.61. The van der Waals surface area contributed by atoms with Gasteiger partial charge in [0.25, 0.3) is 0 Å². The molecule has 1 aliphatic rings. The number of aromatic hydroxyl groups is 1. The Bertz CT molecular complexity index is 606. The number of hydrogen-bond donors (Lipinski definition) is 2. The Kier molecular flexibility index (Phi) is 3.24.